The molecular formula is C17H23N3O2. The number of fused-ring (bicyclic) bond motifs is 1. The van der Waals surface area contributed by atoms with Crippen molar-refractivity contribution < 1.29 is 9.53 Å². The Hall–Kier alpha value is -1.91. The van der Waals surface area contributed by atoms with E-state index < -0.39 is 0 Å². The number of ketones is 1. The van der Waals surface area contributed by atoms with Crippen LogP contribution in [0.3, 0.4) is 0 Å². The van der Waals surface area contributed by atoms with Crippen LogP contribution in [0, 0.1) is 12.8 Å². The van der Waals surface area contributed by atoms with E-state index in [1.165, 1.54) is 6.42 Å². The van der Waals surface area contributed by atoms with E-state index in [2.05, 4.69) is 16.9 Å². The van der Waals surface area contributed by atoms with Gasteiger partial charge in [0.05, 0.1) is 7.11 Å². The first-order chi connectivity index (χ1) is 10.7. The van der Waals surface area contributed by atoms with Crippen molar-refractivity contribution >= 4 is 11.6 Å². The highest BCUT2D eigenvalue weighted by molar-refractivity contribution is 5.96. The number of carbonyl (C=O) groups excluding carboxylic acids is 1. The van der Waals surface area contributed by atoms with Crippen molar-refractivity contribution in [3.8, 4) is 5.88 Å². The van der Waals surface area contributed by atoms with Gasteiger partial charge < -0.3 is 4.74 Å². The Labute approximate surface area is 130 Å². The summed E-state index contributed by atoms with van der Waals surface area (Å²) in [5, 5.41) is 0. The Morgan fingerprint density at radius 3 is 2.68 bits per heavy atom. The first-order valence-electron chi connectivity index (χ1n) is 8.12. The fourth-order valence-corrected chi connectivity index (χ4v) is 3.42. The molecule has 1 aliphatic carbocycles. The Balaban J connectivity index is 2.02. The van der Waals surface area contributed by atoms with Gasteiger partial charge in [-0.2, -0.15) is 4.98 Å². The minimum Gasteiger partial charge on any atom is -0.481 e. The molecular weight excluding hydrogens is 278 g/mol. The summed E-state index contributed by atoms with van der Waals surface area (Å²) in [6.45, 7) is 4.09. The summed E-state index contributed by atoms with van der Waals surface area (Å²) in [6, 6.07) is 0. The molecule has 0 saturated heterocycles. The Morgan fingerprint density at radius 1 is 1.32 bits per heavy atom. The van der Waals surface area contributed by atoms with E-state index in [1.54, 1.807) is 7.11 Å². The highest BCUT2D eigenvalue weighted by Crippen LogP contribution is 2.28. The van der Waals surface area contributed by atoms with E-state index in [4.69, 9.17) is 4.74 Å². The van der Waals surface area contributed by atoms with E-state index in [0.29, 0.717) is 17.4 Å². The van der Waals surface area contributed by atoms with Crippen LogP contribution in [-0.2, 0) is 6.42 Å². The lowest BCUT2D eigenvalue weighted by Gasteiger charge is -2.18. The van der Waals surface area contributed by atoms with Crippen molar-refractivity contribution in [2.45, 2.75) is 52.4 Å². The molecule has 22 heavy (non-hydrogen) atoms. The van der Waals surface area contributed by atoms with Crippen LogP contribution in [0.15, 0.2) is 6.20 Å². The molecule has 0 aliphatic heterocycles. The highest BCUT2D eigenvalue weighted by Gasteiger charge is 2.25. The van der Waals surface area contributed by atoms with Crippen LogP contribution in [0.2, 0.25) is 0 Å². The lowest BCUT2D eigenvalue weighted by Crippen LogP contribution is -2.18. The van der Waals surface area contributed by atoms with Crippen molar-refractivity contribution in [3.63, 3.8) is 0 Å². The number of nitrogens with zero attached hydrogens (tertiary/aromatic N) is 3. The van der Waals surface area contributed by atoms with Crippen LogP contribution in [-0.4, -0.2) is 27.3 Å². The predicted octanol–water partition coefficient (Wildman–Crippen LogP) is 3.37. The maximum atomic E-state index is 12.7. The molecule has 0 amide bonds. The Morgan fingerprint density at radius 2 is 2.05 bits per heavy atom. The first-order valence-corrected chi connectivity index (χ1v) is 8.12. The summed E-state index contributed by atoms with van der Waals surface area (Å²) in [5.41, 5.74) is 2.64. The number of methoxy groups -OCH3 is 1. The Kier molecular flexibility index (Phi) is 4.14. The monoisotopic (exact) mass is 301 g/mol. The molecule has 0 bridgehead atoms. The van der Waals surface area contributed by atoms with Gasteiger partial charge >= 0.3 is 0 Å². The number of carbonyl (C=O) groups is 1. The van der Waals surface area contributed by atoms with Crippen LogP contribution in [0.4, 0.5) is 0 Å². The van der Waals surface area contributed by atoms with Crippen LogP contribution >= 0.6 is 0 Å². The molecule has 0 radical (unpaired) electrons. The fourth-order valence-electron chi connectivity index (χ4n) is 3.42. The van der Waals surface area contributed by atoms with E-state index in [1.807, 2.05) is 17.5 Å². The zero-order valence-electron chi connectivity index (χ0n) is 13.6. The zero-order valence-corrected chi connectivity index (χ0v) is 13.6. The Bertz CT molecular complexity index is 699. The number of aryl methyl sites for hydroxylation is 1. The van der Waals surface area contributed by atoms with Crippen molar-refractivity contribution in [2.24, 2.45) is 5.92 Å². The maximum absolute atomic E-state index is 12.7. The van der Waals surface area contributed by atoms with E-state index in [0.717, 1.165) is 43.4 Å². The van der Waals surface area contributed by atoms with Gasteiger partial charge in [-0.05, 0) is 26.2 Å². The van der Waals surface area contributed by atoms with Crippen LogP contribution in [0.1, 0.15) is 60.8 Å². The molecule has 0 N–H and O–H groups in total. The van der Waals surface area contributed by atoms with Crippen molar-refractivity contribution in [2.75, 3.05) is 7.11 Å². The minimum absolute atomic E-state index is 0.131. The molecule has 1 saturated carbocycles. The van der Waals surface area contributed by atoms with E-state index in [9.17, 15) is 4.79 Å². The number of hydrogen-bond donors (Lipinski definition) is 0. The predicted molar refractivity (Wildman–Crippen MR) is 84.6 cm³/mol. The summed E-state index contributed by atoms with van der Waals surface area (Å²) in [5.74, 6) is 1.45. The molecule has 0 aromatic carbocycles. The second-order valence-electron chi connectivity index (χ2n) is 6.03. The van der Waals surface area contributed by atoms with Gasteiger partial charge in [0.1, 0.15) is 5.69 Å². The third-order valence-electron chi connectivity index (χ3n) is 4.72. The van der Waals surface area contributed by atoms with Gasteiger partial charge in [-0.25, -0.2) is 4.98 Å². The normalized spacial score (nSPS) is 16.1. The minimum atomic E-state index is 0.131. The molecule has 1 fully saturated rings. The first kappa shape index (κ1) is 15.0. The molecule has 2 aromatic heterocycles. The van der Waals surface area contributed by atoms with Gasteiger partial charge in [0.2, 0.25) is 11.7 Å². The van der Waals surface area contributed by atoms with Crippen LogP contribution in [0.5, 0.6) is 5.88 Å². The molecule has 5 heteroatoms. The smallest absolute Gasteiger partial charge is 0.237 e. The number of Topliss-reactive ketones (excluding diaryl/α,β-unsaturated/α-hetero) is 1. The van der Waals surface area contributed by atoms with Crippen LogP contribution < -0.4 is 4.74 Å². The SMILES string of the molecule is CCc1c(OC)nc2nc(C(=O)C3CCCCC3)cn2c1C. The number of aromatic nitrogens is 3. The number of hydrogen-bond acceptors (Lipinski definition) is 4. The van der Waals surface area contributed by atoms with Gasteiger partial charge in [-0.3, -0.25) is 9.20 Å². The maximum Gasteiger partial charge on any atom is 0.237 e. The number of ether oxygens (including phenoxy) is 1. The quantitative estimate of drug-likeness (QED) is 0.812. The second-order valence-corrected chi connectivity index (χ2v) is 6.03. The largest absolute Gasteiger partial charge is 0.481 e. The van der Waals surface area contributed by atoms with Gasteiger partial charge in [0, 0.05) is 23.4 Å². The van der Waals surface area contributed by atoms with E-state index >= 15 is 0 Å². The third-order valence-corrected chi connectivity index (χ3v) is 4.72. The molecule has 0 unspecified atom stereocenters. The van der Waals surface area contributed by atoms with E-state index in [-0.39, 0.29) is 11.7 Å². The molecule has 1 aliphatic rings. The highest BCUT2D eigenvalue weighted by atomic mass is 16.5. The molecule has 2 heterocycles. The van der Waals surface area contributed by atoms with Gasteiger partial charge in [-0.1, -0.05) is 26.2 Å². The lowest BCUT2D eigenvalue weighted by atomic mass is 9.85. The zero-order chi connectivity index (χ0) is 15.7. The van der Waals surface area contributed by atoms with Crippen LogP contribution in [0.25, 0.3) is 5.78 Å². The van der Waals surface area contributed by atoms with Gasteiger partial charge in [-0.15, -0.1) is 0 Å². The fraction of sp³-hybridized carbons (Fsp3) is 0.588. The van der Waals surface area contributed by atoms with Gasteiger partial charge in [0.25, 0.3) is 0 Å². The molecule has 0 atom stereocenters. The van der Waals surface area contributed by atoms with Crippen molar-refractivity contribution in [3.05, 3.63) is 23.1 Å². The second kappa shape index (κ2) is 6.07. The van der Waals surface area contributed by atoms with Crippen molar-refractivity contribution in [1.29, 1.82) is 0 Å². The summed E-state index contributed by atoms with van der Waals surface area (Å²) in [7, 11) is 1.62. The third kappa shape index (κ3) is 2.49. The molecule has 3 rings (SSSR count). The molecule has 118 valence electrons. The summed E-state index contributed by atoms with van der Waals surface area (Å²) in [6.07, 6.45) is 8.19. The molecule has 2 aromatic rings. The lowest BCUT2D eigenvalue weighted by molar-refractivity contribution is 0.0885. The standard InChI is InChI=1S/C17H23N3O2/c1-4-13-11(2)20-10-14(18-17(20)19-16(13)22-3)15(21)12-8-6-5-7-9-12/h10,12H,4-9H2,1-3H3. The summed E-state index contributed by atoms with van der Waals surface area (Å²) >= 11 is 0. The summed E-state index contributed by atoms with van der Waals surface area (Å²) in [4.78, 5) is 21.6. The average molecular weight is 301 g/mol. The number of imidazole rings is 1. The summed E-state index contributed by atoms with van der Waals surface area (Å²) < 4.78 is 7.28. The number of rotatable bonds is 4. The van der Waals surface area contributed by atoms with Gasteiger partial charge in [0.15, 0.2) is 5.78 Å². The molecule has 0 spiro atoms. The molecule has 5 nitrogen and oxygen atoms in total. The topological polar surface area (TPSA) is 56.5 Å². The van der Waals surface area contributed by atoms with Crippen molar-refractivity contribution in [1.82, 2.24) is 14.4 Å². The average Bonchev–Trinajstić information content (AvgIpc) is 2.99.